The summed E-state index contributed by atoms with van der Waals surface area (Å²) in [6.07, 6.45) is 2.32. The summed E-state index contributed by atoms with van der Waals surface area (Å²) in [6.45, 7) is 2.25. The molecule has 5 heteroatoms. The van der Waals surface area contributed by atoms with E-state index in [2.05, 4.69) is 29.4 Å². The van der Waals surface area contributed by atoms with Crippen molar-refractivity contribution in [2.75, 3.05) is 38.5 Å². The molecule has 0 bridgehead atoms. The Morgan fingerprint density at radius 1 is 1.26 bits per heavy atom. The lowest BCUT2D eigenvalue weighted by Crippen LogP contribution is -2.27. The second-order valence-corrected chi connectivity index (χ2v) is 5.46. The van der Waals surface area contributed by atoms with Crippen molar-refractivity contribution in [1.29, 1.82) is 0 Å². The van der Waals surface area contributed by atoms with Crippen LogP contribution in [0.4, 0.5) is 5.69 Å². The van der Waals surface area contributed by atoms with Gasteiger partial charge in [-0.15, -0.1) is 11.8 Å². The Labute approximate surface area is 119 Å². The largest absolute Gasteiger partial charge is 0.377 e. The molecule has 1 fully saturated rings. The van der Waals surface area contributed by atoms with Gasteiger partial charge in [0.2, 0.25) is 0 Å². The maximum atomic E-state index is 5.93. The fourth-order valence-corrected chi connectivity index (χ4v) is 3.29. The van der Waals surface area contributed by atoms with Crippen LogP contribution in [0.15, 0.2) is 23.1 Å². The maximum absolute atomic E-state index is 5.93. The van der Waals surface area contributed by atoms with E-state index in [1.807, 2.05) is 0 Å². The van der Waals surface area contributed by atoms with Crippen molar-refractivity contribution < 1.29 is 9.47 Å². The molecule has 0 saturated carbocycles. The van der Waals surface area contributed by atoms with E-state index in [1.54, 1.807) is 26.0 Å². The first-order valence-electron chi connectivity index (χ1n) is 6.41. The minimum atomic E-state index is 0.119. The van der Waals surface area contributed by atoms with Crippen LogP contribution in [0.3, 0.4) is 0 Å². The Bertz CT molecular complexity index is 416. The summed E-state index contributed by atoms with van der Waals surface area (Å²) in [5, 5.41) is 0. The molecule has 19 heavy (non-hydrogen) atoms. The van der Waals surface area contributed by atoms with Crippen LogP contribution in [-0.2, 0) is 16.0 Å². The molecule has 2 unspecified atom stereocenters. The molecule has 0 aromatic heterocycles. The number of hydrogen-bond donors (Lipinski definition) is 1. The molecule has 0 spiro atoms. The number of thioether (sulfide) groups is 1. The molecule has 1 aromatic rings. The predicted molar refractivity (Wildman–Crippen MR) is 79.9 cm³/mol. The topological polar surface area (TPSA) is 47.7 Å². The zero-order chi connectivity index (χ0) is 13.8. The second-order valence-electron chi connectivity index (χ2n) is 4.62. The zero-order valence-corrected chi connectivity index (χ0v) is 12.6. The molecule has 2 N–H and O–H groups in total. The van der Waals surface area contributed by atoms with Crippen molar-refractivity contribution in [2.24, 2.45) is 5.73 Å². The van der Waals surface area contributed by atoms with Gasteiger partial charge in [-0.25, -0.2) is 0 Å². The fraction of sp³-hybridized carbons (Fsp3) is 0.571. The molecular formula is C14H22N2O2S. The summed E-state index contributed by atoms with van der Waals surface area (Å²) in [6, 6.07) is 6.34. The summed E-state index contributed by atoms with van der Waals surface area (Å²) in [5.74, 6) is 0. The predicted octanol–water partition coefficient (Wildman–Crippen LogP) is 1.72. The maximum Gasteiger partial charge on any atom is 0.102 e. The Morgan fingerprint density at radius 2 is 1.89 bits per heavy atom. The minimum Gasteiger partial charge on any atom is -0.377 e. The first-order valence-corrected chi connectivity index (χ1v) is 7.64. The summed E-state index contributed by atoms with van der Waals surface area (Å²) >= 11 is 1.74. The fourth-order valence-electron chi connectivity index (χ4n) is 2.64. The third-order valence-corrected chi connectivity index (χ3v) is 4.52. The highest BCUT2D eigenvalue weighted by Gasteiger charge is 2.33. The molecule has 0 aliphatic carbocycles. The van der Waals surface area contributed by atoms with Gasteiger partial charge in [0.1, 0.15) is 12.2 Å². The first-order chi connectivity index (χ1) is 9.24. The summed E-state index contributed by atoms with van der Waals surface area (Å²) in [7, 11) is 3.48. The lowest BCUT2D eigenvalue weighted by Gasteiger charge is -2.22. The molecule has 1 aromatic carbocycles. The minimum absolute atomic E-state index is 0.119. The normalized spacial score (nSPS) is 23.1. The molecular weight excluding hydrogens is 260 g/mol. The van der Waals surface area contributed by atoms with E-state index in [0.717, 1.165) is 13.1 Å². The van der Waals surface area contributed by atoms with Gasteiger partial charge in [0, 0.05) is 50.0 Å². The van der Waals surface area contributed by atoms with E-state index in [1.165, 1.54) is 16.1 Å². The SMILES string of the molecule is COC1CN(c2cccc(SC)c2CN)CC1OC. The van der Waals surface area contributed by atoms with E-state index in [4.69, 9.17) is 15.2 Å². The van der Waals surface area contributed by atoms with Gasteiger partial charge >= 0.3 is 0 Å². The molecule has 2 rings (SSSR count). The van der Waals surface area contributed by atoms with Crippen LogP contribution in [0.2, 0.25) is 0 Å². The third-order valence-electron chi connectivity index (χ3n) is 3.69. The Kier molecular flexibility index (Phi) is 5.10. The van der Waals surface area contributed by atoms with E-state index in [9.17, 15) is 0 Å². The number of anilines is 1. The number of nitrogens with zero attached hydrogens (tertiary/aromatic N) is 1. The highest BCUT2D eigenvalue weighted by molar-refractivity contribution is 7.98. The standard InChI is InChI=1S/C14H22N2O2S/c1-17-12-8-16(9-13(12)18-2)11-5-4-6-14(19-3)10(11)7-15/h4-6,12-13H,7-9,15H2,1-3H3. The van der Waals surface area contributed by atoms with Gasteiger partial charge < -0.3 is 20.1 Å². The van der Waals surface area contributed by atoms with Crippen molar-refractivity contribution in [1.82, 2.24) is 0 Å². The van der Waals surface area contributed by atoms with E-state index in [0.29, 0.717) is 6.54 Å². The van der Waals surface area contributed by atoms with Crippen molar-refractivity contribution >= 4 is 17.4 Å². The smallest absolute Gasteiger partial charge is 0.102 e. The van der Waals surface area contributed by atoms with Crippen LogP contribution in [0.1, 0.15) is 5.56 Å². The number of methoxy groups -OCH3 is 2. The van der Waals surface area contributed by atoms with Crippen LogP contribution in [0, 0.1) is 0 Å². The molecule has 2 atom stereocenters. The second kappa shape index (κ2) is 6.61. The molecule has 1 heterocycles. The molecule has 4 nitrogen and oxygen atoms in total. The molecule has 0 radical (unpaired) electrons. The van der Waals surface area contributed by atoms with Crippen molar-refractivity contribution in [3.05, 3.63) is 23.8 Å². The quantitative estimate of drug-likeness (QED) is 0.833. The summed E-state index contributed by atoms with van der Waals surface area (Å²) < 4.78 is 11.0. The van der Waals surface area contributed by atoms with Crippen LogP contribution in [0.25, 0.3) is 0 Å². The van der Waals surface area contributed by atoms with Gasteiger partial charge in [0.15, 0.2) is 0 Å². The molecule has 1 aliphatic rings. The zero-order valence-electron chi connectivity index (χ0n) is 11.8. The van der Waals surface area contributed by atoms with Crippen LogP contribution in [0.5, 0.6) is 0 Å². The van der Waals surface area contributed by atoms with Crippen molar-refractivity contribution in [3.63, 3.8) is 0 Å². The molecule has 1 saturated heterocycles. The number of ether oxygens (including phenoxy) is 2. The van der Waals surface area contributed by atoms with Gasteiger partial charge in [-0.2, -0.15) is 0 Å². The number of hydrogen-bond acceptors (Lipinski definition) is 5. The third kappa shape index (κ3) is 2.89. The van der Waals surface area contributed by atoms with Gasteiger partial charge in [0.25, 0.3) is 0 Å². The number of rotatable bonds is 5. The average Bonchev–Trinajstić information content (AvgIpc) is 2.89. The number of nitrogens with two attached hydrogens (primary N) is 1. The summed E-state index contributed by atoms with van der Waals surface area (Å²) in [5.41, 5.74) is 8.34. The van der Waals surface area contributed by atoms with Gasteiger partial charge in [0.05, 0.1) is 0 Å². The Balaban J connectivity index is 2.28. The summed E-state index contributed by atoms with van der Waals surface area (Å²) in [4.78, 5) is 3.55. The lowest BCUT2D eigenvalue weighted by molar-refractivity contribution is -0.00461. The van der Waals surface area contributed by atoms with Crippen LogP contribution in [-0.4, -0.2) is 45.8 Å². The highest BCUT2D eigenvalue weighted by Crippen LogP contribution is 2.32. The molecule has 0 amide bonds. The van der Waals surface area contributed by atoms with Gasteiger partial charge in [-0.1, -0.05) is 6.07 Å². The molecule has 1 aliphatic heterocycles. The first kappa shape index (κ1) is 14.7. The average molecular weight is 282 g/mol. The van der Waals surface area contributed by atoms with E-state index >= 15 is 0 Å². The lowest BCUT2D eigenvalue weighted by atomic mass is 10.1. The Hall–Kier alpha value is -0.750. The Morgan fingerprint density at radius 3 is 2.37 bits per heavy atom. The van der Waals surface area contributed by atoms with E-state index in [-0.39, 0.29) is 12.2 Å². The van der Waals surface area contributed by atoms with Crippen molar-refractivity contribution in [2.45, 2.75) is 23.6 Å². The highest BCUT2D eigenvalue weighted by atomic mass is 32.2. The molecule has 106 valence electrons. The van der Waals surface area contributed by atoms with Gasteiger partial charge in [-0.05, 0) is 18.4 Å². The monoisotopic (exact) mass is 282 g/mol. The van der Waals surface area contributed by atoms with Crippen LogP contribution < -0.4 is 10.6 Å². The van der Waals surface area contributed by atoms with E-state index < -0.39 is 0 Å². The number of benzene rings is 1. The van der Waals surface area contributed by atoms with Gasteiger partial charge in [-0.3, -0.25) is 0 Å². The van der Waals surface area contributed by atoms with Crippen molar-refractivity contribution in [3.8, 4) is 0 Å². The van der Waals surface area contributed by atoms with Crippen LogP contribution >= 0.6 is 11.8 Å².